The van der Waals surface area contributed by atoms with Crippen molar-refractivity contribution in [3.05, 3.63) is 0 Å². The number of hydrogen-bond donors (Lipinski definition) is 1. The summed E-state index contributed by atoms with van der Waals surface area (Å²) < 4.78 is 0. The van der Waals surface area contributed by atoms with Gasteiger partial charge in [-0.05, 0) is 6.42 Å². The summed E-state index contributed by atoms with van der Waals surface area (Å²) in [6.45, 7) is 0.154. The normalized spacial score (nSPS) is 25.5. The number of carbonyl (C=O) groups is 2. The number of carbonyl (C=O) groups excluding carboxylic acids is 2. The molecule has 2 unspecified atom stereocenters. The Balaban J connectivity index is 0. The van der Waals surface area contributed by atoms with Crippen LogP contribution < -0.4 is 74.6 Å². The van der Waals surface area contributed by atoms with Crippen LogP contribution in [0.3, 0.4) is 0 Å². The van der Waals surface area contributed by atoms with Crippen LogP contribution in [0.2, 0.25) is 0 Å². The maximum absolute atomic E-state index is 10.2. The second-order valence-electron chi connectivity index (χ2n) is 2.53. The molecule has 0 spiro atoms. The summed E-state index contributed by atoms with van der Waals surface area (Å²) in [4.78, 5) is 20.4. The summed E-state index contributed by atoms with van der Waals surface area (Å²) in [7, 11) is 0. The fourth-order valence-corrected chi connectivity index (χ4v) is 1.09. The van der Waals surface area contributed by atoms with Gasteiger partial charge in [-0.25, -0.2) is 0 Å². The average Bonchev–Trinajstić information content (AvgIpc) is 2.33. The Hall–Kier alpha value is 0.900. The minimum absolute atomic E-state index is 0. The van der Waals surface area contributed by atoms with Gasteiger partial charge in [0, 0.05) is 24.5 Å². The van der Waals surface area contributed by atoms with Gasteiger partial charge in [-0.1, -0.05) is 0 Å². The number of rotatable bonds is 2. The second kappa shape index (κ2) is 7.23. The molecule has 0 amide bonds. The number of aliphatic carboxylic acids is 2. The second-order valence-corrected chi connectivity index (χ2v) is 2.53. The summed E-state index contributed by atoms with van der Waals surface area (Å²) in [5.74, 6) is -3.16. The van der Waals surface area contributed by atoms with Crippen molar-refractivity contribution >= 4 is 11.9 Å². The van der Waals surface area contributed by atoms with Crippen LogP contribution in [0.15, 0.2) is 0 Å². The Morgan fingerprint density at radius 2 is 1.69 bits per heavy atom. The minimum atomic E-state index is -1.26. The van der Waals surface area contributed by atoms with E-state index in [4.69, 9.17) is 0 Å². The van der Waals surface area contributed by atoms with Crippen molar-refractivity contribution in [2.75, 3.05) is 6.54 Å². The van der Waals surface area contributed by atoms with Gasteiger partial charge in [-0.3, -0.25) is 0 Å². The van der Waals surface area contributed by atoms with Gasteiger partial charge < -0.3 is 25.1 Å². The standard InChI is InChI=1S/C6H9NO4.2Na/c8-5(9)3-1-4(6(10)11)7-2-3;;/h3-4,7H,1-2H2,(H,8,9)(H,10,11);;/q;2*+1/p-2. The molecule has 0 bridgehead atoms. The molecule has 0 aliphatic carbocycles. The van der Waals surface area contributed by atoms with Gasteiger partial charge in [0.2, 0.25) is 0 Å². The molecule has 1 aliphatic rings. The van der Waals surface area contributed by atoms with Crippen molar-refractivity contribution in [3.63, 3.8) is 0 Å². The molecule has 1 rings (SSSR count). The van der Waals surface area contributed by atoms with Crippen LogP contribution in [-0.4, -0.2) is 24.5 Å². The van der Waals surface area contributed by atoms with Crippen molar-refractivity contribution in [2.24, 2.45) is 5.92 Å². The molecule has 0 aromatic heterocycles. The number of carboxylic acid groups (broad SMARTS) is 2. The van der Waals surface area contributed by atoms with E-state index in [0.29, 0.717) is 0 Å². The third-order valence-electron chi connectivity index (χ3n) is 1.75. The van der Waals surface area contributed by atoms with E-state index in [-0.39, 0.29) is 72.1 Å². The minimum Gasteiger partial charge on any atom is -0.550 e. The summed E-state index contributed by atoms with van der Waals surface area (Å²) in [6, 6.07) is -0.835. The predicted molar refractivity (Wildman–Crippen MR) is 29.9 cm³/mol. The molecule has 0 radical (unpaired) electrons. The Kier molecular flexibility index (Phi) is 9.08. The van der Waals surface area contributed by atoms with Crippen molar-refractivity contribution in [1.29, 1.82) is 0 Å². The van der Waals surface area contributed by atoms with Crippen LogP contribution in [0.25, 0.3) is 0 Å². The van der Waals surface area contributed by atoms with Gasteiger partial charge in [0.25, 0.3) is 0 Å². The molecule has 1 heterocycles. The maximum atomic E-state index is 10.2. The van der Waals surface area contributed by atoms with Crippen LogP contribution in [0, 0.1) is 5.92 Å². The molecular weight excluding hydrogens is 196 g/mol. The molecule has 1 aliphatic heterocycles. The summed E-state index contributed by atoms with van der Waals surface area (Å²) in [6.07, 6.45) is 0.0602. The Morgan fingerprint density at radius 3 is 1.92 bits per heavy atom. The Bertz CT molecular complexity index is 179. The summed E-state index contributed by atoms with van der Waals surface area (Å²) in [5, 5.41) is 22.9. The van der Waals surface area contributed by atoms with Gasteiger partial charge in [-0.2, -0.15) is 0 Å². The quantitative estimate of drug-likeness (QED) is 0.450. The maximum Gasteiger partial charge on any atom is 1.00 e. The molecule has 13 heavy (non-hydrogen) atoms. The molecule has 2 atom stereocenters. The largest absolute Gasteiger partial charge is 1.00 e. The fraction of sp³-hybridized carbons (Fsp3) is 0.667. The third-order valence-corrected chi connectivity index (χ3v) is 1.75. The van der Waals surface area contributed by atoms with Crippen LogP contribution in [-0.2, 0) is 9.59 Å². The van der Waals surface area contributed by atoms with Crippen molar-refractivity contribution < 1.29 is 78.9 Å². The summed E-state index contributed by atoms with van der Waals surface area (Å²) >= 11 is 0. The van der Waals surface area contributed by atoms with E-state index in [2.05, 4.69) is 5.32 Å². The zero-order chi connectivity index (χ0) is 8.43. The van der Waals surface area contributed by atoms with E-state index in [1.54, 1.807) is 0 Å². The van der Waals surface area contributed by atoms with Gasteiger partial charge >= 0.3 is 59.1 Å². The molecule has 7 heteroatoms. The van der Waals surface area contributed by atoms with Crippen LogP contribution in [0.4, 0.5) is 0 Å². The first kappa shape index (κ1) is 16.3. The SMILES string of the molecule is O=C([O-])C1CNC(C(=O)[O-])C1.[Na+].[Na+]. The zero-order valence-corrected chi connectivity index (χ0v) is 11.7. The number of hydrogen-bond acceptors (Lipinski definition) is 5. The first-order valence-corrected chi connectivity index (χ1v) is 3.26. The van der Waals surface area contributed by atoms with E-state index in [9.17, 15) is 19.8 Å². The van der Waals surface area contributed by atoms with E-state index < -0.39 is 23.9 Å². The molecule has 0 saturated carbocycles. The van der Waals surface area contributed by atoms with Crippen LogP contribution in [0.1, 0.15) is 6.42 Å². The van der Waals surface area contributed by atoms with Gasteiger partial charge in [0.15, 0.2) is 0 Å². The van der Waals surface area contributed by atoms with Gasteiger partial charge in [0.05, 0.1) is 5.97 Å². The van der Waals surface area contributed by atoms with Gasteiger partial charge in [0.1, 0.15) is 0 Å². The molecule has 1 fully saturated rings. The van der Waals surface area contributed by atoms with Crippen molar-refractivity contribution in [1.82, 2.24) is 5.32 Å². The average molecular weight is 203 g/mol. The zero-order valence-electron chi connectivity index (χ0n) is 7.70. The number of carboxylic acids is 2. The van der Waals surface area contributed by atoms with E-state index in [1.807, 2.05) is 0 Å². The van der Waals surface area contributed by atoms with Crippen LogP contribution >= 0.6 is 0 Å². The topological polar surface area (TPSA) is 92.3 Å². The summed E-state index contributed by atoms with van der Waals surface area (Å²) in [5.41, 5.74) is 0. The predicted octanol–water partition coefficient (Wildman–Crippen LogP) is -9.53. The Morgan fingerprint density at radius 1 is 1.15 bits per heavy atom. The van der Waals surface area contributed by atoms with E-state index >= 15 is 0 Å². The van der Waals surface area contributed by atoms with Crippen LogP contribution in [0.5, 0.6) is 0 Å². The number of nitrogens with one attached hydrogen (secondary N) is 1. The molecule has 5 nitrogen and oxygen atoms in total. The smallest absolute Gasteiger partial charge is 0.550 e. The van der Waals surface area contributed by atoms with E-state index in [1.165, 1.54) is 0 Å². The van der Waals surface area contributed by atoms with E-state index in [0.717, 1.165) is 0 Å². The molecular formula is C6H7NNa2O4. The first-order chi connectivity index (χ1) is 5.11. The molecule has 0 aromatic rings. The molecule has 62 valence electrons. The fourth-order valence-electron chi connectivity index (χ4n) is 1.09. The Labute approximate surface area is 120 Å². The van der Waals surface area contributed by atoms with Crippen molar-refractivity contribution in [3.8, 4) is 0 Å². The van der Waals surface area contributed by atoms with Gasteiger partial charge in [-0.15, -0.1) is 0 Å². The van der Waals surface area contributed by atoms with Crippen molar-refractivity contribution in [2.45, 2.75) is 12.5 Å². The third kappa shape index (κ3) is 4.78. The molecule has 1 N–H and O–H groups in total. The monoisotopic (exact) mass is 203 g/mol. The first-order valence-electron chi connectivity index (χ1n) is 3.26. The molecule has 0 aromatic carbocycles. The molecule has 1 saturated heterocycles.